The summed E-state index contributed by atoms with van der Waals surface area (Å²) in [5, 5.41) is 4.17. The lowest BCUT2D eigenvalue weighted by Crippen LogP contribution is -2.40. The van der Waals surface area contributed by atoms with Crippen molar-refractivity contribution in [1.82, 2.24) is 14.7 Å². The van der Waals surface area contributed by atoms with Gasteiger partial charge in [-0.2, -0.15) is 5.10 Å². The number of aromatic nitrogens is 2. The second-order valence-electron chi connectivity index (χ2n) is 6.83. The Kier molecular flexibility index (Phi) is 5.68. The van der Waals surface area contributed by atoms with Gasteiger partial charge in [-0.3, -0.25) is 9.48 Å². The molecule has 0 radical (unpaired) electrons. The maximum atomic E-state index is 12.5. The summed E-state index contributed by atoms with van der Waals surface area (Å²) in [7, 11) is 0. The van der Waals surface area contributed by atoms with E-state index in [4.69, 9.17) is 0 Å². The summed E-state index contributed by atoms with van der Waals surface area (Å²) in [5.41, 5.74) is 2.82. The molecule has 1 fully saturated rings. The molecule has 0 bridgehead atoms. The Morgan fingerprint density at radius 2 is 2.17 bits per heavy atom. The normalized spacial score (nSPS) is 17.9. The number of amides is 1. The first kappa shape index (κ1) is 16.7. The highest BCUT2D eigenvalue weighted by atomic mass is 16.2. The molecular formula is C20H27N3O. The molecule has 4 heteroatoms. The van der Waals surface area contributed by atoms with Crippen molar-refractivity contribution in [3.05, 3.63) is 53.9 Å². The first-order valence-corrected chi connectivity index (χ1v) is 9.02. The fraction of sp³-hybridized carbons (Fsp3) is 0.500. The average Bonchev–Trinajstić information content (AvgIpc) is 3.13. The molecule has 1 aliphatic rings. The summed E-state index contributed by atoms with van der Waals surface area (Å²) in [6.07, 6.45) is 8.88. The van der Waals surface area contributed by atoms with Gasteiger partial charge in [-0.25, -0.2) is 0 Å². The number of nitrogens with zero attached hydrogens (tertiary/aromatic N) is 3. The Morgan fingerprint density at radius 3 is 2.96 bits per heavy atom. The highest BCUT2D eigenvalue weighted by molar-refractivity contribution is 5.76. The third-order valence-electron chi connectivity index (χ3n) is 5.07. The highest BCUT2D eigenvalue weighted by Gasteiger charge is 2.23. The van der Waals surface area contributed by atoms with Gasteiger partial charge >= 0.3 is 0 Å². The Balaban J connectivity index is 1.47. The topological polar surface area (TPSA) is 38.1 Å². The number of hydrogen-bond donors (Lipinski definition) is 0. The van der Waals surface area contributed by atoms with Crippen LogP contribution in [0.25, 0.3) is 0 Å². The predicted molar refractivity (Wildman–Crippen MR) is 95.6 cm³/mol. The van der Waals surface area contributed by atoms with Crippen molar-refractivity contribution < 1.29 is 4.79 Å². The second-order valence-corrected chi connectivity index (χ2v) is 6.83. The molecule has 3 rings (SSSR count). The van der Waals surface area contributed by atoms with E-state index in [1.165, 1.54) is 24.0 Å². The SMILES string of the molecule is Cc1ccccc1CC[C@H]1CCCN(C(=O)CCn2cccn2)C1. The smallest absolute Gasteiger partial charge is 0.224 e. The molecular weight excluding hydrogens is 298 g/mol. The minimum atomic E-state index is 0.270. The molecule has 128 valence electrons. The summed E-state index contributed by atoms with van der Waals surface area (Å²) in [6.45, 7) is 4.69. The molecule has 1 atom stereocenters. The number of likely N-dealkylation sites (tertiary alicyclic amines) is 1. The third-order valence-corrected chi connectivity index (χ3v) is 5.07. The molecule has 1 aromatic heterocycles. The molecule has 1 aromatic carbocycles. The first-order valence-electron chi connectivity index (χ1n) is 9.02. The second kappa shape index (κ2) is 8.13. The standard InChI is InChI=1S/C20H27N3O/c1-17-6-2-3-8-19(17)10-9-18-7-4-13-22(16-18)20(24)11-15-23-14-5-12-21-23/h2-3,5-6,8,12,14,18H,4,7,9-11,13,15-16H2,1H3/t18-/m1/s1. The molecule has 24 heavy (non-hydrogen) atoms. The Bertz CT molecular complexity index is 651. The number of hydrogen-bond acceptors (Lipinski definition) is 2. The van der Waals surface area contributed by atoms with Gasteiger partial charge < -0.3 is 4.90 Å². The quantitative estimate of drug-likeness (QED) is 0.816. The number of carbonyl (C=O) groups is 1. The van der Waals surface area contributed by atoms with E-state index >= 15 is 0 Å². The van der Waals surface area contributed by atoms with Crippen molar-refractivity contribution in [3.8, 4) is 0 Å². The molecule has 1 saturated heterocycles. The van der Waals surface area contributed by atoms with E-state index < -0.39 is 0 Å². The van der Waals surface area contributed by atoms with Crippen LogP contribution in [-0.4, -0.2) is 33.7 Å². The first-order chi connectivity index (χ1) is 11.7. The summed E-state index contributed by atoms with van der Waals surface area (Å²) >= 11 is 0. The third kappa shape index (κ3) is 4.47. The zero-order chi connectivity index (χ0) is 16.8. The minimum absolute atomic E-state index is 0.270. The van der Waals surface area contributed by atoms with Crippen molar-refractivity contribution in [1.29, 1.82) is 0 Å². The van der Waals surface area contributed by atoms with Crippen molar-refractivity contribution in [2.45, 2.75) is 45.6 Å². The molecule has 0 saturated carbocycles. The Morgan fingerprint density at radius 1 is 1.29 bits per heavy atom. The van der Waals surface area contributed by atoms with Gasteiger partial charge in [-0.15, -0.1) is 0 Å². The molecule has 0 spiro atoms. The molecule has 0 aliphatic carbocycles. The summed E-state index contributed by atoms with van der Waals surface area (Å²) in [4.78, 5) is 14.5. The molecule has 0 N–H and O–H groups in total. The molecule has 1 aliphatic heterocycles. The van der Waals surface area contributed by atoms with Gasteiger partial charge in [-0.05, 0) is 55.7 Å². The van der Waals surface area contributed by atoms with E-state index in [0.29, 0.717) is 18.9 Å². The maximum Gasteiger partial charge on any atom is 0.224 e. The fourth-order valence-electron chi connectivity index (χ4n) is 3.58. The van der Waals surface area contributed by atoms with Crippen LogP contribution in [0.5, 0.6) is 0 Å². The Hall–Kier alpha value is -2.10. The lowest BCUT2D eigenvalue weighted by atomic mass is 9.90. The molecule has 2 aromatic rings. The molecule has 1 amide bonds. The van der Waals surface area contributed by atoms with Crippen LogP contribution in [0.2, 0.25) is 0 Å². The number of benzene rings is 1. The van der Waals surface area contributed by atoms with Crippen LogP contribution in [0, 0.1) is 12.8 Å². The zero-order valence-corrected chi connectivity index (χ0v) is 14.5. The summed E-state index contributed by atoms with van der Waals surface area (Å²) < 4.78 is 1.83. The van der Waals surface area contributed by atoms with Crippen molar-refractivity contribution >= 4 is 5.91 Å². The van der Waals surface area contributed by atoms with Gasteiger partial charge in [0, 0.05) is 38.4 Å². The summed E-state index contributed by atoms with van der Waals surface area (Å²) in [5.74, 6) is 0.901. The van der Waals surface area contributed by atoms with E-state index in [-0.39, 0.29) is 5.91 Å². The average molecular weight is 325 g/mol. The van der Waals surface area contributed by atoms with Gasteiger partial charge in [0.15, 0.2) is 0 Å². The van der Waals surface area contributed by atoms with Crippen LogP contribution >= 0.6 is 0 Å². The largest absolute Gasteiger partial charge is 0.342 e. The number of rotatable bonds is 6. The van der Waals surface area contributed by atoms with Gasteiger partial charge in [-0.1, -0.05) is 24.3 Å². The lowest BCUT2D eigenvalue weighted by molar-refractivity contribution is -0.133. The van der Waals surface area contributed by atoms with Crippen LogP contribution in [-0.2, 0) is 17.8 Å². The van der Waals surface area contributed by atoms with E-state index in [9.17, 15) is 4.79 Å². The van der Waals surface area contributed by atoms with Crippen LogP contribution < -0.4 is 0 Å². The van der Waals surface area contributed by atoms with Crippen molar-refractivity contribution in [3.63, 3.8) is 0 Å². The predicted octanol–water partition coefficient (Wildman–Crippen LogP) is 3.45. The highest BCUT2D eigenvalue weighted by Crippen LogP contribution is 2.23. The fourth-order valence-corrected chi connectivity index (χ4v) is 3.58. The lowest BCUT2D eigenvalue weighted by Gasteiger charge is -2.33. The minimum Gasteiger partial charge on any atom is -0.342 e. The van der Waals surface area contributed by atoms with Crippen LogP contribution in [0.4, 0.5) is 0 Å². The van der Waals surface area contributed by atoms with Crippen LogP contribution in [0.1, 0.15) is 36.8 Å². The number of aryl methyl sites for hydroxylation is 3. The molecule has 2 heterocycles. The monoisotopic (exact) mass is 325 g/mol. The van der Waals surface area contributed by atoms with Gasteiger partial charge in [0.1, 0.15) is 0 Å². The van der Waals surface area contributed by atoms with E-state index in [1.807, 2.05) is 16.9 Å². The number of piperidine rings is 1. The van der Waals surface area contributed by atoms with E-state index in [0.717, 1.165) is 25.9 Å². The van der Waals surface area contributed by atoms with Crippen LogP contribution in [0.15, 0.2) is 42.7 Å². The van der Waals surface area contributed by atoms with Gasteiger partial charge in [0.25, 0.3) is 0 Å². The molecule has 4 nitrogen and oxygen atoms in total. The molecule has 0 unspecified atom stereocenters. The van der Waals surface area contributed by atoms with Crippen molar-refractivity contribution in [2.24, 2.45) is 5.92 Å². The maximum absolute atomic E-state index is 12.5. The van der Waals surface area contributed by atoms with Gasteiger partial charge in [0.05, 0.1) is 0 Å². The van der Waals surface area contributed by atoms with Crippen molar-refractivity contribution in [2.75, 3.05) is 13.1 Å². The zero-order valence-electron chi connectivity index (χ0n) is 14.5. The number of carbonyl (C=O) groups excluding carboxylic acids is 1. The summed E-state index contributed by atoms with van der Waals surface area (Å²) in [6, 6.07) is 10.5. The Labute approximate surface area is 144 Å². The van der Waals surface area contributed by atoms with E-state index in [1.54, 1.807) is 6.20 Å². The van der Waals surface area contributed by atoms with E-state index in [2.05, 4.69) is 41.2 Å². The van der Waals surface area contributed by atoms with Gasteiger partial charge in [0.2, 0.25) is 5.91 Å². The van der Waals surface area contributed by atoms with Crippen LogP contribution in [0.3, 0.4) is 0 Å².